The Morgan fingerprint density at radius 2 is 1.92 bits per heavy atom. The van der Waals surface area contributed by atoms with E-state index in [1.807, 2.05) is 31.2 Å². The zero-order valence-corrected chi connectivity index (χ0v) is 14.4. The Bertz CT molecular complexity index is 687. The van der Waals surface area contributed by atoms with Crippen molar-refractivity contribution in [3.63, 3.8) is 0 Å². The first-order valence-electron chi connectivity index (χ1n) is 8.62. The molecule has 1 aliphatic heterocycles. The monoisotopic (exact) mass is 345 g/mol. The molecule has 0 spiro atoms. The molecule has 2 N–H and O–H groups in total. The fourth-order valence-corrected chi connectivity index (χ4v) is 2.87. The lowest BCUT2D eigenvalue weighted by Crippen LogP contribution is -2.45. The average Bonchev–Trinajstić information content (AvgIpc) is 2.63. The second-order valence-electron chi connectivity index (χ2n) is 6.54. The SMILES string of the molecule is CC(NCC1(O)CCOCC1)c1ccc(Oc2ccccc2)c(F)c1. The van der Waals surface area contributed by atoms with E-state index < -0.39 is 11.4 Å². The maximum Gasteiger partial charge on any atom is 0.166 e. The Kier molecular flexibility index (Phi) is 5.68. The molecule has 1 unspecified atom stereocenters. The van der Waals surface area contributed by atoms with Gasteiger partial charge in [0.15, 0.2) is 11.6 Å². The van der Waals surface area contributed by atoms with E-state index >= 15 is 0 Å². The van der Waals surface area contributed by atoms with Crippen LogP contribution in [0.1, 0.15) is 31.4 Å². The molecule has 1 fully saturated rings. The fraction of sp³-hybridized carbons (Fsp3) is 0.400. The minimum absolute atomic E-state index is 0.0767. The summed E-state index contributed by atoms with van der Waals surface area (Å²) in [5.74, 6) is 0.395. The first-order valence-corrected chi connectivity index (χ1v) is 8.62. The van der Waals surface area contributed by atoms with E-state index in [0.717, 1.165) is 5.56 Å². The number of ether oxygens (including phenoxy) is 2. The van der Waals surface area contributed by atoms with E-state index in [1.165, 1.54) is 6.07 Å². The van der Waals surface area contributed by atoms with Crippen molar-refractivity contribution in [2.24, 2.45) is 0 Å². The van der Waals surface area contributed by atoms with Gasteiger partial charge >= 0.3 is 0 Å². The maximum absolute atomic E-state index is 14.3. The predicted molar refractivity (Wildman–Crippen MR) is 94.3 cm³/mol. The van der Waals surface area contributed by atoms with Crippen molar-refractivity contribution in [2.45, 2.75) is 31.4 Å². The predicted octanol–water partition coefficient (Wildman–Crippen LogP) is 3.81. The van der Waals surface area contributed by atoms with Gasteiger partial charge in [-0.1, -0.05) is 24.3 Å². The summed E-state index contributed by atoms with van der Waals surface area (Å²) in [5.41, 5.74) is 0.0649. The molecule has 25 heavy (non-hydrogen) atoms. The summed E-state index contributed by atoms with van der Waals surface area (Å²) in [4.78, 5) is 0. The van der Waals surface area contributed by atoms with Gasteiger partial charge in [-0.05, 0) is 36.8 Å². The summed E-state index contributed by atoms with van der Waals surface area (Å²) < 4.78 is 25.2. The van der Waals surface area contributed by atoms with Crippen LogP contribution in [-0.4, -0.2) is 30.5 Å². The fourth-order valence-electron chi connectivity index (χ4n) is 2.87. The smallest absolute Gasteiger partial charge is 0.166 e. The van der Waals surface area contributed by atoms with Gasteiger partial charge < -0.3 is 19.9 Å². The van der Waals surface area contributed by atoms with Gasteiger partial charge in [0.05, 0.1) is 5.60 Å². The van der Waals surface area contributed by atoms with Crippen LogP contribution < -0.4 is 10.1 Å². The molecule has 2 aromatic carbocycles. The highest BCUT2D eigenvalue weighted by atomic mass is 19.1. The van der Waals surface area contributed by atoms with Crippen LogP contribution in [0.3, 0.4) is 0 Å². The molecule has 4 nitrogen and oxygen atoms in total. The van der Waals surface area contributed by atoms with E-state index in [9.17, 15) is 9.50 Å². The first-order chi connectivity index (χ1) is 12.1. The largest absolute Gasteiger partial charge is 0.454 e. The Labute approximate surface area is 147 Å². The number of hydrogen-bond donors (Lipinski definition) is 2. The van der Waals surface area contributed by atoms with Crippen LogP contribution in [-0.2, 0) is 4.74 Å². The summed E-state index contributed by atoms with van der Waals surface area (Å²) in [6.45, 7) is 3.57. The van der Waals surface area contributed by atoms with Crippen molar-refractivity contribution in [3.05, 3.63) is 59.9 Å². The summed E-state index contributed by atoms with van der Waals surface area (Å²) in [6, 6.07) is 14.0. The van der Waals surface area contributed by atoms with Gasteiger partial charge in [-0.2, -0.15) is 0 Å². The molecule has 5 heteroatoms. The molecule has 134 valence electrons. The highest BCUT2D eigenvalue weighted by Gasteiger charge is 2.29. The van der Waals surface area contributed by atoms with Crippen molar-refractivity contribution in [1.82, 2.24) is 5.32 Å². The third-order valence-electron chi connectivity index (χ3n) is 4.59. The molecule has 1 saturated heterocycles. The van der Waals surface area contributed by atoms with Crippen molar-refractivity contribution < 1.29 is 19.0 Å². The standard InChI is InChI=1S/C20H24FNO3/c1-15(22-14-20(23)9-11-24-12-10-20)16-7-8-19(18(21)13-16)25-17-5-3-2-4-6-17/h2-8,13,15,22-23H,9-12,14H2,1H3. The highest BCUT2D eigenvalue weighted by molar-refractivity contribution is 5.35. The number of rotatable bonds is 6. The Morgan fingerprint density at radius 3 is 2.60 bits per heavy atom. The van der Waals surface area contributed by atoms with Crippen LogP contribution in [0.5, 0.6) is 11.5 Å². The molecule has 0 radical (unpaired) electrons. The lowest BCUT2D eigenvalue weighted by Gasteiger charge is -2.33. The van der Waals surface area contributed by atoms with E-state index in [-0.39, 0.29) is 11.8 Å². The number of nitrogens with one attached hydrogen (secondary N) is 1. The number of aliphatic hydroxyl groups is 1. The van der Waals surface area contributed by atoms with Gasteiger partial charge in [-0.25, -0.2) is 4.39 Å². The topological polar surface area (TPSA) is 50.7 Å². The normalized spacial score (nSPS) is 17.9. The van der Waals surface area contributed by atoms with Crippen molar-refractivity contribution in [3.8, 4) is 11.5 Å². The van der Waals surface area contributed by atoms with Gasteiger partial charge in [0.25, 0.3) is 0 Å². The lowest BCUT2D eigenvalue weighted by atomic mass is 9.94. The van der Waals surface area contributed by atoms with Crippen molar-refractivity contribution >= 4 is 0 Å². The minimum atomic E-state index is -0.749. The van der Waals surface area contributed by atoms with Gasteiger partial charge in [-0.15, -0.1) is 0 Å². The van der Waals surface area contributed by atoms with Gasteiger partial charge in [-0.3, -0.25) is 0 Å². The second kappa shape index (κ2) is 7.95. The van der Waals surface area contributed by atoms with Gasteiger partial charge in [0.1, 0.15) is 5.75 Å². The third-order valence-corrected chi connectivity index (χ3v) is 4.59. The molecule has 3 rings (SSSR count). The number of halogens is 1. The number of para-hydroxylation sites is 1. The molecule has 1 atom stereocenters. The molecule has 0 aromatic heterocycles. The quantitative estimate of drug-likeness (QED) is 0.836. The van der Waals surface area contributed by atoms with Crippen LogP contribution in [0.2, 0.25) is 0 Å². The van der Waals surface area contributed by atoms with Gasteiger partial charge in [0, 0.05) is 38.6 Å². The molecule has 0 aliphatic carbocycles. The third kappa shape index (κ3) is 4.78. The molecular weight excluding hydrogens is 321 g/mol. The molecule has 1 aliphatic rings. The number of hydrogen-bond acceptors (Lipinski definition) is 4. The average molecular weight is 345 g/mol. The lowest BCUT2D eigenvalue weighted by molar-refractivity contribution is -0.0626. The second-order valence-corrected chi connectivity index (χ2v) is 6.54. The molecule has 1 heterocycles. The van der Waals surface area contributed by atoms with E-state index in [4.69, 9.17) is 9.47 Å². The van der Waals surface area contributed by atoms with Crippen molar-refractivity contribution in [2.75, 3.05) is 19.8 Å². The van der Waals surface area contributed by atoms with E-state index in [1.54, 1.807) is 18.2 Å². The zero-order chi connectivity index (χ0) is 17.7. The molecule has 0 amide bonds. The zero-order valence-electron chi connectivity index (χ0n) is 14.4. The molecule has 0 saturated carbocycles. The summed E-state index contributed by atoms with van der Waals surface area (Å²) >= 11 is 0. The van der Waals surface area contributed by atoms with Gasteiger partial charge in [0.2, 0.25) is 0 Å². The summed E-state index contributed by atoms with van der Waals surface area (Å²) in [5, 5.41) is 13.8. The van der Waals surface area contributed by atoms with E-state index in [0.29, 0.717) is 38.3 Å². The first kappa shape index (κ1) is 17.9. The van der Waals surface area contributed by atoms with Crippen LogP contribution in [0.4, 0.5) is 4.39 Å². The van der Waals surface area contributed by atoms with Crippen LogP contribution in [0, 0.1) is 5.82 Å². The number of benzene rings is 2. The van der Waals surface area contributed by atoms with Crippen LogP contribution >= 0.6 is 0 Å². The summed E-state index contributed by atoms with van der Waals surface area (Å²) in [7, 11) is 0. The minimum Gasteiger partial charge on any atom is -0.454 e. The Hall–Kier alpha value is -1.95. The van der Waals surface area contributed by atoms with E-state index in [2.05, 4.69) is 5.32 Å². The highest BCUT2D eigenvalue weighted by Crippen LogP contribution is 2.27. The van der Waals surface area contributed by atoms with Crippen molar-refractivity contribution in [1.29, 1.82) is 0 Å². The summed E-state index contributed by atoms with van der Waals surface area (Å²) in [6.07, 6.45) is 1.23. The molecule has 2 aromatic rings. The molecular formula is C20H24FNO3. The Balaban J connectivity index is 1.61. The Morgan fingerprint density at radius 1 is 1.20 bits per heavy atom. The van der Waals surface area contributed by atoms with Crippen LogP contribution in [0.25, 0.3) is 0 Å². The maximum atomic E-state index is 14.3. The molecule has 0 bridgehead atoms. The van der Waals surface area contributed by atoms with Crippen LogP contribution in [0.15, 0.2) is 48.5 Å².